The third-order valence-corrected chi connectivity index (χ3v) is 1.08. The van der Waals surface area contributed by atoms with Gasteiger partial charge in [-0.25, -0.2) is 4.79 Å². The van der Waals surface area contributed by atoms with Crippen molar-refractivity contribution in [1.82, 2.24) is 0 Å². The smallest absolute Gasteiger partial charge is 0.463 e. The number of rotatable bonds is 4. The first-order chi connectivity index (χ1) is 5.31. The highest BCUT2D eigenvalue weighted by Gasteiger charge is 2.25. The quantitative estimate of drug-likeness (QED) is 0.493. The van der Waals surface area contributed by atoms with Gasteiger partial charge < -0.3 is 5.11 Å². The molecule has 70 valence electrons. The SMILES string of the molecule is O=C(O)CCC(=O)O[Cl+3]([O-])([O-])[O-]. The molecular formula is C4H5ClO7. The number of carboxylic acids is 1. The molecule has 12 heavy (non-hydrogen) atoms. The first-order valence-electron chi connectivity index (χ1n) is 2.66. The molecule has 1 N–H and O–H groups in total. The van der Waals surface area contributed by atoms with E-state index in [1.165, 1.54) is 0 Å². The van der Waals surface area contributed by atoms with Crippen molar-refractivity contribution in [2.45, 2.75) is 12.8 Å². The molecule has 0 amide bonds. The maximum absolute atomic E-state index is 10.3. The average molecular weight is 201 g/mol. The van der Waals surface area contributed by atoms with E-state index in [0.717, 1.165) is 0 Å². The first-order valence-corrected chi connectivity index (χ1v) is 3.89. The fraction of sp³-hybridized carbons (Fsp3) is 0.500. The van der Waals surface area contributed by atoms with Crippen LogP contribution in [0.4, 0.5) is 0 Å². The van der Waals surface area contributed by atoms with E-state index < -0.39 is 35.0 Å². The predicted molar refractivity (Wildman–Crippen MR) is 23.0 cm³/mol. The van der Waals surface area contributed by atoms with E-state index in [-0.39, 0.29) is 0 Å². The van der Waals surface area contributed by atoms with Gasteiger partial charge in [-0.3, -0.25) is 4.79 Å². The Labute approximate surface area is 68.9 Å². The Kier molecular flexibility index (Phi) is 3.90. The topological polar surface area (TPSA) is 133 Å². The highest BCUT2D eigenvalue weighted by atomic mass is 35.7. The summed E-state index contributed by atoms with van der Waals surface area (Å²) in [4.78, 5) is 20.1. The Morgan fingerprint density at radius 2 is 1.75 bits per heavy atom. The molecule has 0 saturated carbocycles. The van der Waals surface area contributed by atoms with E-state index in [0.29, 0.717) is 0 Å². The number of carbonyl (C=O) groups excluding carboxylic acids is 1. The monoisotopic (exact) mass is 200 g/mol. The summed E-state index contributed by atoms with van der Waals surface area (Å²) in [5.41, 5.74) is 0. The summed E-state index contributed by atoms with van der Waals surface area (Å²) in [5.74, 6) is -2.67. The number of hydrogen-bond donors (Lipinski definition) is 1. The van der Waals surface area contributed by atoms with Crippen LogP contribution in [0.3, 0.4) is 0 Å². The van der Waals surface area contributed by atoms with Crippen LogP contribution in [0.15, 0.2) is 0 Å². The van der Waals surface area contributed by atoms with Crippen molar-refractivity contribution in [3.8, 4) is 0 Å². The Hall–Kier alpha value is -0.890. The average Bonchev–Trinajstić information content (AvgIpc) is 1.79. The van der Waals surface area contributed by atoms with Crippen molar-refractivity contribution in [3.05, 3.63) is 0 Å². The normalized spacial score (nSPS) is 10.9. The molecule has 0 aromatic carbocycles. The van der Waals surface area contributed by atoms with Gasteiger partial charge >= 0.3 is 11.9 Å². The van der Waals surface area contributed by atoms with Crippen molar-refractivity contribution in [2.75, 3.05) is 0 Å². The number of halogens is 1. The number of carbonyl (C=O) groups is 2. The van der Waals surface area contributed by atoms with Crippen LogP contribution in [-0.4, -0.2) is 17.0 Å². The molecule has 0 fully saturated rings. The molecule has 0 radical (unpaired) electrons. The summed E-state index contributed by atoms with van der Waals surface area (Å²) < 4.78 is 32.4. The zero-order valence-corrected chi connectivity index (χ0v) is 6.44. The van der Waals surface area contributed by atoms with Gasteiger partial charge in [0.15, 0.2) is 0 Å². The van der Waals surface area contributed by atoms with Crippen LogP contribution < -0.4 is 14.0 Å². The van der Waals surface area contributed by atoms with Crippen LogP contribution in [0, 0.1) is 10.2 Å². The van der Waals surface area contributed by atoms with Gasteiger partial charge in [-0.1, -0.05) is 0 Å². The number of aliphatic carboxylic acids is 1. The van der Waals surface area contributed by atoms with Gasteiger partial charge in [0.2, 0.25) is 0 Å². The van der Waals surface area contributed by atoms with Gasteiger partial charge in [-0.15, -0.1) is 0 Å². The van der Waals surface area contributed by atoms with Crippen LogP contribution in [0.5, 0.6) is 0 Å². The molecule has 8 heteroatoms. The minimum Gasteiger partial charge on any atom is -0.481 e. The Bertz CT molecular complexity index is 182. The van der Waals surface area contributed by atoms with Crippen molar-refractivity contribution < 1.29 is 43.2 Å². The van der Waals surface area contributed by atoms with Crippen LogP contribution in [0.25, 0.3) is 0 Å². The molecule has 0 aliphatic carbocycles. The lowest BCUT2D eigenvalue weighted by atomic mass is 10.3. The molecule has 0 spiro atoms. The second kappa shape index (κ2) is 4.21. The zero-order valence-electron chi connectivity index (χ0n) is 5.69. The van der Waals surface area contributed by atoms with Crippen molar-refractivity contribution in [2.24, 2.45) is 0 Å². The fourth-order valence-electron chi connectivity index (χ4n) is 0.353. The van der Waals surface area contributed by atoms with E-state index in [2.05, 4.69) is 4.29 Å². The molecule has 0 rings (SSSR count). The predicted octanol–water partition coefficient (Wildman–Crippen LogP) is -3.71. The molecule has 0 unspecified atom stereocenters. The molecule has 0 aromatic heterocycles. The lowest BCUT2D eigenvalue weighted by molar-refractivity contribution is -1.92. The second-order valence-electron chi connectivity index (χ2n) is 1.72. The Balaban J connectivity index is 3.68. The summed E-state index contributed by atoms with van der Waals surface area (Å²) >= 11 is 0. The molecule has 0 aliphatic rings. The Morgan fingerprint density at radius 1 is 1.25 bits per heavy atom. The van der Waals surface area contributed by atoms with Crippen LogP contribution >= 0.6 is 0 Å². The second-order valence-corrected chi connectivity index (χ2v) is 2.63. The van der Waals surface area contributed by atoms with E-state index >= 15 is 0 Å². The summed E-state index contributed by atoms with van der Waals surface area (Å²) in [5, 5.41) is 8.02. The van der Waals surface area contributed by atoms with E-state index in [9.17, 15) is 23.6 Å². The first kappa shape index (κ1) is 11.1. The molecule has 0 atom stereocenters. The zero-order chi connectivity index (χ0) is 9.78. The lowest BCUT2D eigenvalue weighted by Gasteiger charge is -2.10. The van der Waals surface area contributed by atoms with Gasteiger partial charge in [-0.2, -0.15) is 14.0 Å². The van der Waals surface area contributed by atoms with Crippen molar-refractivity contribution in [3.63, 3.8) is 0 Å². The van der Waals surface area contributed by atoms with Gasteiger partial charge in [0, 0.05) is 0 Å². The fourth-order valence-corrected chi connectivity index (χ4v) is 0.641. The highest BCUT2D eigenvalue weighted by molar-refractivity contribution is 5.76. The summed E-state index contributed by atoms with van der Waals surface area (Å²) in [6, 6.07) is 0. The van der Waals surface area contributed by atoms with Gasteiger partial charge in [0.25, 0.3) is 0 Å². The van der Waals surface area contributed by atoms with Crippen LogP contribution in [0.1, 0.15) is 12.8 Å². The summed E-state index contributed by atoms with van der Waals surface area (Å²) in [6.45, 7) is 0. The Morgan fingerprint density at radius 3 is 2.08 bits per heavy atom. The van der Waals surface area contributed by atoms with Gasteiger partial charge in [0.1, 0.15) is 10.2 Å². The molecule has 0 bridgehead atoms. The molecule has 7 nitrogen and oxygen atoms in total. The highest BCUT2D eigenvalue weighted by Crippen LogP contribution is 1.97. The maximum atomic E-state index is 10.3. The van der Waals surface area contributed by atoms with E-state index in [1.807, 2.05) is 0 Å². The minimum atomic E-state index is -4.80. The largest absolute Gasteiger partial charge is 0.481 e. The summed E-state index contributed by atoms with van der Waals surface area (Å²) in [7, 11) is -4.80. The molecule has 0 aliphatic heterocycles. The minimum absolute atomic E-state index is 0.579. The molecule has 0 saturated heterocycles. The standard InChI is InChI=1S/C4H5ClO7/c6-3(7)1-2-4(8)12-5(9,10)11/h1-2H2,(H,6,7). The number of carboxylic acid groups (broad SMARTS) is 1. The van der Waals surface area contributed by atoms with Crippen molar-refractivity contribution in [1.29, 1.82) is 0 Å². The van der Waals surface area contributed by atoms with Gasteiger partial charge in [0.05, 0.1) is 12.8 Å². The van der Waals surface area contributed by atoms with Gasteiger partial charge in [-0.05, 0) is 4.29 Å². The van der Waals surface area contributed by atoms with E-state index in [1.54, 1.807) is 0 Å². The third kappa shape index (κ3) is 7.22. The van der Waals surface area contributed by atoms with Crippen LogP contribution in [0.2, 0.25) is 0 Å². The summed E-state index contributed by atoms with van der Waals surface area (Å²) in [6.07, 6.45) is -1.23. The lowest BCUT2D eigenvalue weighted by Crippen LogP contribution is -2.61. The molecular weight excluding hydrogens is 195 g/mol. The van der Waals surface area contributed by atoms with Crippen molar-refractivity contribution >= 4 is 11.9 Å². The van der Waals surface area contributed by atoms with Crippen LogP contribution in [-0.2, 0) is 13.9 Å². The maximum Gasteiger partial charge on any atom is 0.463 e. The number of hydrogen-bond acceptors (Lipinski definition) is 6. The third-order valence-electron chi connectivity index (χ3n) is 0.724. The molecule has 0 heterocycles. The molecule has 0 aromatic rings. The van der Waals surface area contributed by atoms with E-state index in [4.69, 9.17) is 5.11 Å².